The lowest BCUT2D eigenvalue weighted by atomic mass is 9.79. The van der Waals surface area contributed by atoms with Gasteiger partial charge < -0.3 is 38.6 Å². The highest BCUT2D eigenvalue weighted by Crippen LogP contribution is 2.48. The molecule has 1 heterocycles. The highest BCUT2D eigenvalue weighted by molar-refractivity contribution is 5.97. The summed E-state index contributed by atoms with van der Waals surface area (Å²) in [5.74, 6) is -6.00. The van der Waals surface area contributed by atoms with E-state index in [2.05, 4.69) is 0 Å². The zero-order valence-corrected chi connectivity index (χ0v) is 20.4. The van der Waals surface area contributed by atoms with E-state index >= 15 is 0 Å². The molecule has 10 heteroatoms. The largest absolute Gasteiger partial charge is 0.493 e. The Morgan fingerprint density at radius 3 is 2.35 bits per heavy atom. The summed E-state index contributed by atoms with van der Waals surface area (Å²) in [5.41, 5.74) is 1.43. The van der Waals surface area contributed by atoms with Crippen molar-refractivity contribution in [3.05, 3.63) is 82.9 Å². The first-order valence-electron chi connectivity index (χ1n) is 11.2. The van der Waals surface area contributed by atoms with E-state index < -0.39 is 23.6 Å². The Balaban J connectivity index is 1.81. The summed E-state index contributed by atoms with van der Waals surface area (Å²) < 4.78 is 32.3. The topological polar surface area (TPSA) is 130 Å². The Morgan fingerprint density at radius 2 is 1.70 bits per heavy atom. The van der Waals surface area contributed by atoms with Gasteiger partial charge in [0.05, 0.1) is 25.7 Å². The zero-order valence-electron chi connectivity index (χ0n) is 20.4. The van der Waals surface area contributed by atoms with Crippen LogP contribution >= 0.6 is 0 Å². The van der Waals surface area contributed by atoms with E-state index in [9.17, 15) is 19.8 Å². The minimum Gasteiger partial charge on any atom is -0.493 e. The summed E-state index contributed by atoms with van der Waals surface area (Å²) in [5, 5.41) is 21.1. The lowest BCUT2D eigenvalue weighted by Crippen LogP contribution is -2.52. The van der Waals surface area contributed by atoms with Crippen LogP contribution in [-0.4, -0.2) is 56.1 Å². The van der Waals surface area contributed by atoms with Gasteiger partial charge in [-0.2, -0.15) is 0 Å². The van der Waals surface area contributed by atoms with Crippen LogP contribution in [0.2, 0.25) is 0 Å². The molecule has 0 amide bonds. The predicted molar refractivity (Wildman–Crippen MR) is 129 cm³/mol. The van der Waals surface area contributed by atoms with E-state index in [1.54, 1.807) is 6.07 Å². The van der Waals surface area contributed by atoms with Crippen molar-refractivity contribution in [1.82, 2.24) is 0 Å². The molecule has 37 heavy (non-hydrogen) atoms. The molecule has 0 spiro atoms. The summed E-state index contributed by atoms with van der Waals surface area (Å²) >= 11 is 0. The number of cyclic esters (lactones) is 1. The third-order valence-corrected chi connectivity index (χ3v) is 5.88. The molecule has 2 atom stereocenters. The van der Waals surface area contributed by atoms with Crippen LogP contribution in [0, 0.1) is 0 Å². The van der Waals surface area contributed by atoms with Gasteiger partial charge in [-0.1, -0.05) is 36.4 Å². The molecule has 4 rings (SSSR count). The van der Waals surface area contributed by atoms with Gasteiger partial charge in [0.15, 0.2) is 18.3 Å². The number of aliphatic carboxylic acids is 1. The normalized spacial score (nSPS) is 18.4. The second-order valence-electron chi connectivity index (χ2n) is 8.15. The van der Waals surface area contributed by atoms with Gasteiger partial charge in [0.25, 0.3) is 0 Å². The molecule has 1 aliphatic rings. The Labute approximate surface area is 212 Å². The molecule has 0 saturated heterocycles. The maximum Gasteiger partial charge on any atom is 0.378 e. The molecule has 2 unspecified atom stereocenters. The summed E-state index contributed by atoms with van der Waals surface area (Å²) in [6.45, 7) is 0.123. The van der Waals surface area contributed by atoms with Gasteiger partial charge in [0, 0.05) is 7.11 Å². The fourth-order valence-electron chi connectivity index (χ4n) is 4.18. The van der Waals surface area contributed by atoms with Crippen molar-refractivity contribution in [2.45, 2.75) is 18.3 Å². The van der Waals surface area contributed by atoms with Crippen LogP contribution in [-0.2, 0) is 20.9 Å². The van der Waals surface area contributed by atoms with Crippen molar-refractivity contribution in [3.63, 3.8) is 0 Å². The third-order valence-electron chi connectivity index (χ3n) is 5.88. The molecular formula is C27H26O10. The number of esters is 1. The number of hydrogen-bond acceptors (Lipinski definition) is 9. The van der Waals surface area contributed by atoms with Crippen molar-refractivity contribution in [3.8, 4) is 23.0 Å². The first-order chi connectivity index (χ1) is 17.8. The highest BCUT2D eigenvalue weighted by Gasteiger charge is 2.55. The van der Waals surface area contributed by atoms with Crippen molar-refractivity contribution in [2.24, 2.45) is 0 Å². The minimum atomic E-state index is -2.91. The molecule has 0 bridgehead atoms. The smallest absolute Gasteiger partial charge is 0.378 e. The van der Waals surface area contributed by atoms with Crippen molar-refractivity contribution in [1.29, 1.82) is 0 Å². The number of ether oxygens (including phenoxy) is 6. The number of carbonyl (C=O) groups excluding carboxylic acids is 1. The SMILES string of the molecule is COCOc1cc(C2c3ccc(OCc4ccccc4)cc3C(=O)OC2(O)C(=O)O)cc(OC)c1OC. The standard InChI is InChI=1S/C27H26O10/c1-32-15-36-22-12-17(11-21(33-2)24(22)34-3)23-19-10-9-18(35-14-16-7-5-4-6-8-16)13-20(19)25(28)37-27(23,31)26(29)30/h4-13,23,31H,14-15H2,1-3H3,(H,29,30). The van der Waals surface area contributed by atoms with Crippen LogP contribution in [0.25, 0.3) is 0 Å². The lowest BCUT2D eigenvalue weighted by Gasteiger charge is -2.37. The van der Waals surface area contributed by atoms with Crippen LogP contribution in [0.1, 0.15) is 33.0 Å². The third kappa shape index (κ3) is 5.02. The molecule has 10 nitrogen and oxygen atoms in total. The number of hydrogen-bond donors (Lipinski definition) is 2. The van der Waals surface area contributed by atoms with Gasteiger partial charge in [-0.05, 0) is 41.0 Å². The van der Waals surface area contributed by atoms with E-state index in [-0.39, 0.29) is 47.3 Å². The number of carbonyl (C=O) groups is 2. The monoisotopic (exact) mass is 510 g/mol. The lowest BCUT2D eigenvalue weighted by molar-refractivity contribution is -0.211. The minimum absolute atomic E-state index is 0.0515. The number of aliphatic hydroxyl groups is 1. The van der Waals surface area contributed by atoms with E-state index in [1.165, 1.54) is 45.6 Å². The number of carboxylic acid groups (broad SMARTS) is 1. The summed E-state index contributed by atoms with van der Waals surface area (Å²) in [6, 6.07) is 17.0. The fourth-order valence-corrected chi connectivity index (χ4v) is 4.18. The number of rotatable bonds is 10. The molecule has 0 aromatic heterocycles. The van der Waals surface area contributed by atoms with Gasteiger partial charge in [0.2, 0.25) is 5.75 Å². The van der Waals surface area contributed by atoms with Crippen LogP contribution in [0.3, 0.4) is 0 Å². The molecule has 3 aromatic rings. The van der Waals surface area contributed by atoms with Crippen molar-refractivity contribution in [2.75, 3.05) is 28.1 Å². The Kier molecular flexibility index (Phi) is 7.51. The molecular weight excluding hydrogens is 484 g/mol. The number of fused-ring (bicyclic) bond motifs is 1. The quantitative estimate of drug-likeness (QED) is 0.309. The molecule has 0 saturated carbocycles. The fraction of sp³-hybridized carbons (Fsp3) is 0.259. The second-order valence-corrected chi connectivity index (χ2v) is 8.15. The van der Waals surface area contributed by atoms with Crippen LogP contribution in [0.15, 0.2) is 60.7 Å². The molecule has 194 valence electrons. The van der Waals surface area contributed by atoms with Crippen LogP contribution in [0.4, 0.5) is 0 Å². The maximum atomic E-state index is 12.9. The Bertz CT molecular complexity index is 1290. The van der Waals surface area contributed by atoms with E-state index in [0.717, 1.165) is 5.56 Å². The van der Waals surface area contributed by atoms with Gasteiger partial charge in [-0.25, -0.2) is 9.59 Å². The molecule has 0 fully saturated rings. The van der Waals surface area contributed by atoms with E-state index in [4.69, 9.17) is 28.4 Å². The van der Waals surface area contributed by atoms with Crippen LogP contribution < -0.4 is 18.9 Å². The summed E-state index contributed by atoms with van der Waals surface area (Å²) in [4.78, 5) is 25.1. The Morgan fingerprint density at radius 1 is 0.973 bits per heavy atom. The predicted octanol–water partition coefficient (Wildman–Crippen LogP) is 3.34. The highest BCUT2D eigenvalue weighted by atomic mass is 16.7. The van der Waals surface area contributed by atoms with Crippen LogP contribution in [0.5, 0.6) is 23.0 Å². The second kappa shape index (κ2) is 10.8. The van der Waals surface area contributed by atoms with Crippen molar-refractivity contribution >= 4 is 11.9 Å². The summed E-state index contributed by atoms with van der Waals surface area (Å²) in [6.07, 6.45) is 0. The molecule has 1 aliphatic heterocycles. The average molecular weight is 510 g/mol. The first kappa shape index (κ1) is 25.8. The number of carboxylic acids is 1. The molecule has 0 aliphatic carbocycles. The summed E-state index contributed by atoms with van der Waals surface area (Å²) in [7, 11) is 4.25. The van der Waals surface area contributed by atoms with Crippen molar-refractivity contribution < 1.29 is 48.2 Å². The van der Waals surface area contributed by atoms with Gasteiger partial charge in [-0.3, -0.25) is 0 Å². The first-order valence-corrected chi connectivity index (χ1v) is 11.2. The number of benzene rings is 3. The molecule has 0 radical (unpaired) electrons. The van der Waals surface area contributed by atoms with Gasteiger partial charge in [0.1, 0.15) is 12.4 Å². The van der Waals surface area contributed by atoms with E-state index in [0.29, 0.717) is 5.75 Å². The molecule has 3 aromatic carbocycles. The Hall–Kier alpha value is -4.28. The van der Waals surface area contributed by atoms with E-state index in [1.807, 2.05) is 30.3 Å². The maximum absolute atomic E-state index is 12.9. The average Bonchev–Trinajstić information content (AvgIpc) is 2.90. The molecule has 2 N–H and O–H groups in total. The number of methoxy groups -OCH3 is 3. The van der Waals surface area contributed by atoms with Gasteiger partial charge in [-0.15, -0.1) is 0 Å². The zero-order chi connectivity index (χ0) is 26.6. The van der Waals surface area contributed by atoms with Gasteiger partial charge >= 0.3 is 17.7 Å².